The number of hydrogen-bond acceptors (Lipinski definition) is 4. The van der Waals surface area contributed by atoms with Crippen LogP contribution in [0, 0.1) is 0 Å². The first-order chi connectivity index (χ1) is 9.42. The molecule has 2 aromatic rings. The van der Waals surface area contributed by atoms with Crippen molar-refractivity contribution in [2.45, 2.75) is 13.3 Å². The Morgan fingerprint density at radius 3 is 2.45 bits per heavy atom. The maximum atomic E-state index is 12.2. The van der Waals surface area contributed by atoms with Crippen molar-refractivity contribution in [3.63, 3.8) is 0 Å². The van der Waals surface area contributed by atoms with Crippen LogP contribution in [0.25, 0.3) is 0 Å². The lowest BCUT2D eigenvalue weighted by Crippen LogP contribution is -2.12. The average molecular weight is 439 g/mol. The molecule has 2 N–H and O–H groups in total. The summed E-state index contributed by atoms with van der Waals surface area (Å²) < 4.78 is 1.53. The van der Waals surface area contributed by atoms with Crippen molar-refractivity contribution < 1.29 is 14.7 Å². The summed E-state index contributed by atoms with van der Waals surface area (Å²) in [5.41, 5.74) is 0.607. The molecular formula is C12H9Br2NO3S2. The van der Waals surface area contributed by atoms with Crippen LogP contribution >= 0.6 is 54.5 Å². The van der Waals surface area contributed by atoms with Crippen LogP contribution in [0.2, 0.25) is 0 Å². The van der Waals surface area contributed by atoms with Crippen molar-refractivity contribution in [3.05, 3.63) is 35.7 Å². The van der Waals surface area contributed by atoms with E-state index in [0.29, 0.717) is 14.4 Å². The molecule has 0 spiro atoms. The van der Waals surface area contributed by atoms with E-state index in [1.807, 2.05) is 6.92 Å². The molecule has 20 heavy (non-hydrogen) atoms. The molecule has 2 heterocycles. The minimum absolute atomic E-state index is 0.130. The van der Waals surface area contributed by atoms with Crippen LogP contribution in [0.3, 0.4) is 0 Å². The predicted molar refractivity (Wildman–Crippen MR) is 88.3 cm³/mol. The zero-order valence-electron chi connectivity index (χ0n) is 10.2. The third kappa shape index (κ3) is 3.30. The van der Waals surface area contributed by atoms with E-state index in [0.717, 1.165) is 15.1 Å². The van der Waals surface area contributed by atoms with Gasteiger partial charge in [0.25, 0.3) is 5.91 Å². The van der Waals surface area contributed by atoms with Crippen molar-refractivity contribution in [3.8, 4) is 0 Å². The molecule has 0 radical (unpaired) electrons. The van der Waals surface area contributed by atoms with Gasteiger partial charge >= 0.3 is 5.97 Å². The van der Waals surface area contributed by atoms with E-state index in [9.17, 15) is 9.59 Å². The van der Waals surface area contributed by atoms with Gasteiger partial charge in [-0.2, -0.15) is 0 Å². The lowest BCUT2D eigenvalue weighted by Gasteiger charge is -2.02. The third-order valence-electron chi connectivity index (χ3n) is 2.49. The number of aryl methyl sites for hydroxylation is 1. The second-order valence-corrected chi connectivity index (χ2v) is 8.69. The Morgan fingerprint density at radius 2 is 1.95 bits per heavy atom. The summed E-state index contributed by atoms with van der Waals surface area (Å²) in [7, 11) is 0. The van der Waals surface area contributed by atoms with E-state index < -0.39 is 5.97 Å². The van der Waals surface area contributed by atoms with Gasteiger partial charge in [0, 0.05) is 4.88 Å². The zero-order valence-corrected chi connectivity index (χ0v) is 15.0. The molecule has 0 aromatic carbocycles. The molecule has 0 aliphatic rings. The van der Waals surface area contributed by atoms with Crippen LogP contribution in [-0.2, 0) is 6.42 Å². The molecule has 0 fully saturated rings. The molecule has 0 aliphatic carbocycles. The second kappa shape index (κ2) is 6.38. The predicted octanol–water partition coefficient (Wildman–Crippen LogP) is 4.85. The zero-order chi connectivity index (χ0) is 14.9. The van der Waals surface area contributed by atoms with Gasteiger partial charge in [0.05, 0.1) is 18.7 Å². The fourth-order valence-corrected chi connectivity index (χ4v) is 5.31. The Kier molecular flexibility index (Phi) is 5.00. The molecule has 0 saturated heterocycles. The SMILES string of the molecule is CCc1cc(C(=O)O)c(NC(=O)c2cc(Br)sc2Br)s1. The van der Waals surface area contributed by atoms with E-state index in [-0.39, 0.29) is 11.5 Å². The molecule has 0 unspecified atom stereocenters. The highest BCUT2D eigenvalue weighted by Gasteiger charge is 2.19. The summed E-state index contributed by atoms with van der Waals surface area (Å²) in [4.78, 5) is 24.3. The minimum Gasteiger partial charge on any atom is -0.478 e. The van der Waals surface area contributed by atoms with Crippen molar-refractivity contribution in [2.75, 3.05) is 5.32 Å². The number of carboxylic acids is 1. The van der Waals surface area contributed by atoms with Gasteiger partial charge in [0.1, 0.15) is 5.00 Å². The molecule has 0 atom stereocenters. The first-order valence-electron chi connectivity index (χ1n) is 5.54. The van der Waals surface area contributed by atoms with Gasteiger partial charge in [0.15, 0.2) is 0 Å². The molecule has 0 bridgehead atoms. The quantitative estimate of drug-likeness (QED) is 0.716. The first kappa shape index (κ1) is 15.7. The number of amides is 1. The van der Waals surface area contributed by atoms with Crippen LogP contribution in [-0.4, -0.2) is 17.0 Å². The fraction of sp³-hybridized carbons (Fsp3) is 0.167. The minimum atomic E-state index is -1.04. The number of anilines is 1. The average Bonchev–Trinajstić information content (AvgIpc) is 2.92. The standard InChI is InChI=1S/C12H9Br2NO3S2/c1-2-5-3-7(12(17)18)11(19-5)15-10(16)6-4-8(13)20-9(6)14/h3-4H,2H2,1H3,(H,15,16)(H,17,18). The Hall–Kier alpha value is -0.700. The highest BCUT2D eigenvalue weighted by Crippen LogP contribution is 2.34. The first-order valence-corrected chi connectivity index (χ1v) is 8.76. The van der Waals surface area contributed by atoms with Gasteiger partial charge in [-0.1, -0.05) is 6.92 Å². The van der Waals surface area contributed by atoms with Crippen molar-refractivity contribution in [2.24, 2.45) is 0 Å². The van der Waals surface area contributed by atoms with E-state index >= 15 is 0 Å². The molecule has 106 valence electrons. The van der Waals surface area contributed by atoms with Gasteiger partial charge < -0.3 is 10.4 Å². The number of nitrogens with one attached hydrogen (secondary N) is 1. The van der Waals surface area contributed by atoms with Crippen LogP contribution in [0.5, 0.6) is 0 Å². The number of carbonyl (C=O) groups excluding carboxylic acids is 1. The summed E-state index contributed by atoms with van der Waals surface area (Å²) in [6, 6.07) is 3.29. The summed E-state index contributed by atoms with van der Waals surface area (Å²) in [6.45, 7) is 1.94. The number of rotatable bonds is 4. The van der Waals surface area contributed by atoms with E-state index in [1.54, 1.807) is 12.1 Å². The number of aromatic carboxylic acids is 1. The Bertz CT molecular complexity index is 678. The summed E-state index contributed by atoms with van der Waals surface area (Å²) in [5, 5.41) is 12.2. The summed E-state index contributed by atoms with van der Waals surface area (Å²) >= 11 is 9.29. The van der Waals surface area contributed by atoms with Gasteiger partial charge in [-0.15, -0.1) is 22.7 Å². The molecule has 8 heteroatoms. The molecule has 0 aliphatic heterocycles. The largest absolute Gasteiger partial charge is 0.478 e. The summed E-state index contributed by atoms with van der Waals surface area (Å²) in [6.07, 6.45) is 0.731. The van der Waals surface area contributed by atoms with Crippen molar-refractivity contribution in [1.29, 1.82) is 0 Å². The number of carboxylic acid groups (broad SMARTS) is 1. The van der Waals surface area contributed by atoms with Crippen LogP contribution in [0.1, 0.15) is 32.5 Å². The highest BCUT2D eigenvalue weighted by molar-refractivity contribution is 9.12. The number of carbonyl (C=O) groups is 2. The number of halogens is 2. The maximum Gasteiger partial charge on any atom is 0.338 e. The fourth-order valence-electron chi connectivity index (χ4n) is 1.53. The molecule has 1 amide bonds. The number of hydrogen-bond donors (Lipinski definition) is 2. The Balaban J connectivity index is 2.30. The topological polar surface area (TPSA) is 66.4 Å². The highest BCUT2D eigenvalue weighted by atomic mass is 79.9. The van der Waals surface area contributed by atoms with Gasteiger partial charge in [-0.25, -0.2) is 4.79 Å². The monoisotopic (exact) mass is 437 g/mol. The molecule has 0 saturated carbocycles. The number of thiophene rings is 2. The molecular weight excluding hydrogens is 430 g/mol. The lowest BCUT2D eigenvalue weighted by molar-refractivity contribution is 0.0698. The van der Waals surface area contributed by atoms with Crippen LogP contribution in [0.4, 0.5) is 5.00 Å². The smallest absolute Gasteiger partial charge is 0.338 e. The van der Waals surface area contributed by atoms with E-state index in [2.05, 4.69) is 37.2 Å². The Morgan fingerprint density at radius 1 is 1.25 bits per heavy atom. The molecule has 4 nitrogen and oxygen atoms in total. The second-order valence-electron chi connectivity index (χ2n) is 3.81. The third-order valence-corrected chi connectivity index (χ3v) is 6.02. The van der Waals surface area contributed by atoms with Crippen LogP contribution < -0.4 is 5.32 Å². The van der Waals surface area contributed by atoms with Gasteiger partial charge in [-0.3, -0.25) is 4.79 Å². The van der Waals surface area contributed by atoms with Crippen molar-refractivity contribution >= 4 is 71.4 Å². The van der Waals surface area contributed by atoms with Gasteiger partial charge in [-0.05, 0) is 50.4 Å². The van der Waals surface area contributed by atoms with E-state index in [1.165, 1.54) is 22.7 Å². The maximum absolute atomic E-state index is 12.2. The molecule has 2 aromatic heterocycles. The van der Waals surface area contributed by atoms with Crippen LogP contribution in [0.15, 0.2) is 19.7 Å². The normalized spacial score (nSPS) is 10.6. The lowest BCUT2D eigenvalue weighted by atomic mass is 10.2. The Labute approximate surface area is 140 Å². The molecule has 2 rings (SSSR count). The van der Waals surface area contributed by atoms with E-state index in [4.69, 9.17) is 5.11 Å². The van der Waals surface area contributed by atoms with Gasteiger partial charge in [0.2, 0.25) is 0 Å². The van der Waals surface area contributed by atoms with Crippen molar-refractivity contribution in [1.82, 2.24) is 0 Å². The summed E-state index contributed by atoms with van der Waals surface area (Å²) in [5.74, 6) is -1.37.